The van der Waals surface area contributed by atoms with E-state index >= 15 is 0 Å². The summed E-state index contributed by atoms with van der Waals surface area (Å²) in [5.74, 6) is 1.44. The van der Waals surface area contributed by atoms with Crippen molar-refractivity contribution in [2.45, 2.75) is 37.9 Å². The van der Waals surface area contributed by atoms with Gasteiger partial charge in [-0.3, -0.25) is 9.67 Å². The Bertz CT molecular complexity index is 1440. The Kier molecular flexibility index (Phi) is 5.66. The van der Waals surface area contributed by atoms with Gasteiger partial charge in [-0.25, -0.2) is 13.4 Å². The molecule has 0 spiro atoms. The molecule has 8 nitrogen and oxygen atoms in total. The molecule has 0 aliphatic carbocycles. The Balaban J connectivity index is 1.60. The van der Waals surface area contributed by atoms with Gasteiger partial charge in [-0.15, -0.1) is 0 Å². The summed E-state index contributed by atoms with van der Waals surface area (Å²) in [7, 11) is -3.49. The van der Waals surface area contributed by atoms with Crippen LogP contribution in [0.15, 0.2) is 41.7 Å². The smallest absolute Gasteiger partial charge is 0.195 e. The molecule has 1 atom stereocenters. The molecule has 1 aromatic carbocycles. The molecule has 0 unspecified atom stereocenters. The molecular weight excluding hydrogens is 460 g/mol. The van der Waals surface area contributed by atoms with E-state index in [-0.39, 0.29) is 11.1 Å². The summed E-state index contributed by atoms with van der Waals surface area (Å²) in [5.41, 5.74) is 2.53. The lowest BCUT2D eigenvalue weighted by atomic mass is 10.2. The predicted molar refractivity (Wildman–Crippen MR) is 129 cm³/mol. The number of halogens is 1. The van der Waals surface area contributed by atoms with Gasteiger partial charge in [0.1, 0.15) is 5.82 Å². The number of sulfone groups is 1. The minimum atomic E-state index is -3.49. The van der Waals surface area contributed by atoms with Crippen LogP contribution in [0.2, 0.25) is 5.02 Å². The van der Waals surface area contributed by atoms with Crippen LogP contribution in [0.4, 0.5) is 0 Å². The van der Waals surface area contributed by atoms with Crippen molar-refractivity contribution in [1.29, 1.82) is 0 Å². The van der Waals surface area contributed by atoms with Crippen LogP contribution in [0.25, 0.3) is 21.9 Å². The molecule has 0 saturated carbocycles. The van der Waals surface area contributed by atoms with Crippen LogP contribution in [-0.2, 0) is 16.4 Å². The largest absolute Gasteiger partial charge is 0.322 e. The molecule has 1 aliphatic heterocycles. The van der Waals surface area contributed by atoms with Crippen molar-refractivity contribution in [2.75, 3.05) is 25.9 Å². The normalized spacial score (nSPS) is 17.7. The Morgan fingerprint density at radius 3 is 2.79 bits per heavy atom. The van der Waals surface area contributed by atoms with Gasteiger partial charge in [-0.1, -0.05) is 25.4 Å². The second-order valence-corrected chi connectivity index (χ2v) is 11.6. The van der Waals surface area contributed by atoms with E-state index in [1.54, 1.807) is 23.1 Å². The molecule has 1 fully saturated rings. The minimum absolute atomic E-state index is 0.0644. The van der Waals surface area contributed by atoms with E-state index in [0.29, 0.717) is 28.4 Å². The highest BCUT2D eigenvalue weighted by Gasteiger charge is 2.28. The third kappa shape index (κ3) is 4.25. The highest BCUT2D eigenvalue weighted by molar-refractivity contribution is 7.90. The van der Waals surface area contributed by atoms with Gasteiger partial charge in [0.15, 0.2) is 14.9 Å². The van der Waals surface area contributed by atoms with E-state index in [4.69, 9.17) is 16.6 Å². The quantitative estimate of drug-likeness (QED) is 0.412. The number of nitrogens with zero attached hydrogens (tertiary/aromatic N) is 6. The van der Waals surface area contributed by atoms with Gasteiger partial charge in [-0.2, -0.15) is 5.10 Å². The first-order valence-electron chi connectivity index (χ1n) is 11.1. The molecule has 4 aromatic rings. The van der Waals surface area contributed by atoms with E-state index in [1.165, 1.54) is 6.26 Å². The number of imidazole rings is 1. The van der Waals surface area contributed by atoms with Crippen molar-refractivity contribution >= 4 is 43.4 Å². The maximum absolute atomic E-state index is 12.4. The van der Waals surface area contributed by atoms with Crippen LogP contribution in [-0.4, -0.2) is 63.5 Å². The van der Waals surface area contributed by atoms with Crippen LogP contribution < -0.4 is 0 Å². The average Bonchev–Trinajstić information content (AvgIpc) is 3.43. The van der Waals surface area contributed by atoms with Gasteiger partial charge in [0.05, 0.1) is 29.3 Å². The molecule has 5 rings (SSSR count). The monoisotopic (exact) mass is 486 g/mol. The summed E-state index contributed by atoms with van der Waals surface area (Å²) in [6.07, 6.45) is 5.45. The van der Waals surface area contributed by atoms with Gasteiger partial charge in [-0.05, 0) is 36.6 Å². The summed E-state index contributed by atoms with van der Waals surface area (Å²) in [5, 5.41) is 5.74. The van der Waals surface area contributed by atoms with Crippen LogP contribution in [0.1, 0.15) is 32.1 Å². The summed E-state index contributed by atoms with van der Waals surface area (Å²) >= 11 is 6.26. The lowest BCUT2D eigenvalue weighted by Gasteiger charge is -2.20. The van der Waals surface area contributed by atoms with E-state index in [2.05, 4.69) is 33.4 Å². The Labute approximate surface area is 198 Å². The van der Waals surface area contributed by atoms with Crippen molar-refractivity contribution < 1.29 is 8.42 Å². The van der Waals surface area contributed by atoms with Crippen molar-refractivity contribution in [1.82, 2.24) is 29.2 Å². The zero-order valence-electron chi connectivity index (χ0n) is 18.9. The second kappa shape index (κ2) is 8.38. The topological polar surface area (TPSA) is 85.9 Å². The molecule has 0 N–H and O–H groups in total. The highest BCUT2D eigenvalue weighted by Crippen LogP contribution is 2.31. The number of pyridine rings is 1. The Hall–Kier alpha value is -2.49. The van der Waals surface area contributed by atoms with Gasteiger partial charge in [0, 0.05) is 48.5 Å². The first-order valence-corrected chi connectivity index (χ1v) is 13.4. The summed E-state index contributed by atoms with van der Waals surface area (Å²) < 4.78 is 28.7. The molecule has 0 radical (unpaired) electrons. The predicted octanol–water partition coefficient (Wildman–Crippen LogP) is 3.79. The van der Waals surface area contributed by atoms with Crippen LogP contribution in [0.3, 0.4) is 0 Å². The number of benzene rings is 1. The zero-order chi connectivity index (χ0) is 23.3. The second-order valence-electron chi connectivity index (χ2n) is 9.25. The average molecular weight is 487 g/mol. The molecule has 174 valence electrons. The van der Waals surface area contributed by atoms with E-state index < -0.39 is 9.84 Å². The number of hydrogen-bond acceptors (Lipinski definition) is 6. The molecule has 0 bridgehead atoms. The van der Waals surface area contributed by atoms with Crippen molar-refractivity contribution in [2.24, 2.45) is 5.92 Å². The number of fused-ring (bicyclic) bond motifs is 2. The van der Waals surface area contributed by atoms with Gasteiger partial charge >= 0.3 is 0 Å². The van der Waals surface area contributed by atoms with E-state index in [0.717, 1.165) is 42.9 Å². The van der Waals surface area contributed by atoms with E-state index in [9.17, 15) is 8.42 Å². The van der Waals surface area contributed by atoms with Crippen molar-refractivity contribution in [3.63, 3.8) is 0 Å². The molecule has 33 heavy (non-hydrogen) atoms. The van der Waals surface area contributed by atoms with Crippen molar-refractivity contribution in [3.8, 4) is 0 Å². The third-order valence-corrected chi connectivity index (χ3v) is 7.36. The molecular formula is C23H27ClN6O2S. The van der Waals surface area contributed by atoms with Gasteiger partial charge in [0.25, 0.3) is 0 Å². The zero-order valence-corrected chi connectivity index (χ0v) is 20.5. The fourth-order valence-electron chi connectivity index (χ4n) is 4.86. The lowest BCUT2D eigenvalue weighted by molar-refractivity contribution is 0.287. The molecule has 10 heteroatoms. The number of aromatic nitrogens is 5. The molecule has 3 aromatic heterocycles. The number of likely N-dealkylation sites (tertiary alicyclic amines) is 1. The van der Waals surface area contributed by atoms with Crippen LogP contribution in [0, 0.1) is 5.92 Å². The summed E-state index contributed by atoms with van der Waals surface area (Å²) in [6, 6.07) is 7.76. The van der Waals surface area contributed by atoms with Crippen LogP contribution >= 0.6 is 11.6 Å². The first-order chi connectivity index (χ1) is 15.7. The summed E-state index contributed by atoms with van der Waals surface area (Å²) in [4.78, 5) is 11.6. The highest BCUT2D eigenvalue weighted by atomic mass is 35.5. The van der Waals surface area contributed by atoms with Gasteiger partial charge in [0.2, 0.25) is 0 Å². The first kappa shape index (κ1) is 22.3. The Morgan fingerprint density at radius 1 is 1.21 bits per heavy atom. The molecule has 4 heterocycles. The van der Waals surface area contributed by atoms with Crippen molar-refractivity contribution in [3.05, 3.63) is 47.5 Å². The molecule has 1 saturated heterocycles. The number of rotatable bonds is 6. The molecule has 1 aliphatic rings. The molecule has 0 amide bonds. The fourth-order valence-corrected chi connectivity index (χ4v) is 5.85. The van der Waals surface area contributed by atoms with Crippen LogP contribution in [0.5, 0.6) is 0 Å². The third-order valence-electron chi connectivity index (χ3n) is 6.12. The SMILES string of the molecule is CC(C)CN1CC[C@@H](n2c(Cn3nc(S(C)(=O)=O)c4ccncc43)nc3cc(Cl)ccc32)C1. The van der Waals surface area contributed by atoms with E-state index in [1.807, 2.05) is 18.2 Å². The fraction of sp³-hybridized carbons (Fsp3) is 0.435. The maximum Gasteiger partial charge on any atom is 0.195 e. The Morgan fingerprint density at radius 2 is 2.03 bits per heavy atom. The number of hydrogen-bond donors (Lipinski definition) is 0. The lowest BCUT2D eigenvalue weighted by Crippen LogP contribution is -2.26. The maximum atomic E-state index is 12.4. The van der Waals surface area contributed by atoms with Gasteiger partial charge < -0.3 is 9.47 Å². The standard InChI is InChI=1S/C23H27ClN6O2S/c1-15(2)12-28-9-7-17(13-28)30-20-5-4-16(24)10-19(20)26-22(30)14-29-21-11-25-8-6-18(21)23(27-29)33(3,31)32/h4-6,8,10-11,15,17H,7,9,12-14H2,1-3H3/t17-/m1/s1. The summed E-state index contributed by atoms with van der Waals surface area (Å²) in [6.45, 7) is 7.88. The minimum Gasteiger partial charge on any atom is -0.322 e.